The summed E-state index contributed by atoms with van der Waals surface area (Å²) in [4.78, 5) is 13.1. The molecule has 0 unspecified atom stereocenters. The zero-order valence-electron chi connectivity index (χ0n) is 16.0. The van der Waals surface area contributed by atoms with Gasteiger partial charge in [-0.05, 0) is 66.6 Å². The molecule has 1 amide bonds. The van der Waals surface area contributed by atoms with Gasteiger partial charge in [0.2, 0.25) is 5.91 Å². The molecule has 2 aromatic carbocycles. The van der Waals surface area contributed by atoms with Crippen molar-refractivity contribution in [3.63, 3.8) is 0 Å². The molecule has 1 N–H and O–H groups in total. The molecule has 4 aromatic rings. The number of nitrogens with zero attached hydrogens (tertiary/aromatic N) is 2. The normalized spacial score (nSPS) is 11.9. The van der Waals surface area contributed by atoms with Gasteiger partial charge in [-0.3, -0.25) is 4.79 Å². The van der Waals surface area contributed by atoms with E-state index in [1.807, 2.05) is 56.3 Å². The van der Waals surface area contributed by atoms with E-state index in [4.69, 9.17) is 8.83 Å². The Hall–Kier alpha value is -3.32. The first-order chi connectivity index (χ1) is 14.1. The number of carbonyl (C=O) groups excluding carboxylic acids is 1. The third-order valence-electron chi connectivity index (χ3n) is 4.19. The van der Waals surface area contributed by atoms with Crippen molar-refractivity contribution in [3.8, 4) is 11.7 Å². The molecule has 1 atom stereocenters. The van der Waals surface area contributed by atoms with Gasteiger partial charge in [0.15, 0.2) is 5.76 Å². The summed E-state index contributed by atoms with van der Waals surface area (Å²) in [5.74, 6) is 0.600. The number of hydrogen-bond donors (Lipinski definition) is 1. The van der Waals surface area contributed by atoms with Gasteiger partial charge in [0.25, 0.3) is 11.1 Å². The Balaban J connectivity index is 1.59. The number of furan rings is 1. The van der Waals surface area contributed by atoms with Crippen molar-refractivity contribution < 1.29 is 13.6 Å². The predicted molar refractivity (Wildman–Crippen MR) is 112 cm³/mol. The lowest BCUT2D eigenvalue weighted by Gasteiger charge is -2.16. The summed E-state index contributed by atoms with van der Waals surface area (Å²) in [6.07, 6.45) is 1.54. The molecule has 0 aliphatic carbocycles. The number of rotatable bonds is 6. The maximum absolute atomic E-state index is 13.1. The topological polar surface area (TPSA) is 81.2 Å². The Morgan fingerprint density at radius 2 is 1.76 bits per heavy atom. The molecule has 0 aliphatic heterocycles. The molecule has 0 saturated carbocycles. The van der Waals surface area contributed by atoms with Gasteiger partial charge in [-0.2, -0.15) is 0 Å². The number of nitrogens with one attached hydrogen (secondary N) is 1. The molecule has 7 heteroatoms. The van der Waals surface area contributed by atoms with Gasteiger partial charge in [-0.15, -0.1) is 10.2 Å². The SMILES string of the molecule is Cc1cc(C)cc(NC(=O)[C@@H](Sc2nnc(-c3ccco3)o2)c2ccccc2)c1. The Kier molecular flexibility index (Phi) is 5.48. The van der Waals surface area contributed by atoms with Crippen LogP contribution >= 0.6 is 11.8 Å². The second kappa shape index (κ2) is 8.36. The highest BCUT2D eigenvalue weighted by Crippen LogP contribution is 2.36. The quantitative estimate of drug-likeness (QED) is 0.432. The third kappa shape index (κ3) is 4.57. The maximum atomic E-state index is 13.1. The first kappa shape index (κ1) is 19.0. The lowest BCUT2D eigenvalue weighted by atomic mass is 10.1. The van der Waals surface area contributed by atoms with E-state index >= 15 is 0 Å². The lowest BCUT2D eigenvalue weighted by molar-refractivity contribution is -0.115. The number of thioether (sulfide) groups is 1. The molecule has 29 heavy (non-hydrogen) atoms. The van der Waals surface area contributed by atoms with E-state index in [2.05, 4.69) is 21.6 Å². The predicted octanol–water partition coefficient (Wildman–Crippen LogP) is 5.42. The fraction of sp³-hybridized carbons (Fsp3) is 0.136. The minimum Gasteiger partial charge on any atom is -0.459 e. The van der Waals surface area contributed by atoms with Gasteiger partial charge in [0.05, 0.1) is 6.26 Å². The fourth-order valence-electron chi connectivity index (χ4n) is 3.01. The Morgan fingerprint density at radius 1 is 1.00 bits per heavy atom. The Labute approximate surface area is 172 Å². The number of aromatic nitrogens is 2. The van der Waals surface area contributed by atoms with Crippen LogP contribution in [0.25, 0.3) is 11.7 Å². The Bertz CT molecular complexity index is 1090. The van der Waals surface area contributed by atoms with E-state index in [0.29, 0.717) is 11.0 Å². The zero-order chi connectivity index (χ0) is 20.2. The van der Waals surface area contributed by atoms with Crippen LogP contribution in [0.2, 0.25) is 0 Å². The van der Waals surface area contributed by atoms with Crippen molar-refractivity contribution in [3.05, 3.63) is 83.6 Å². The molecule has 0 fully saturated rings. The average Bonchev–Trinajstić information content (AvgIpc) is 3.37. The minimum atomic E-state index is -0.554. The highest BCUT2D eigenvalue weighted by Gasteiger charge is 2.25. The van der Waals surface area contributed by atoms with E-state index in [-0.39, 0.29) is 11.8 Å². The molecule has 4 rings (SSSR count). The van der Waals surface area contributed by atoms with Crippen molar-refractivity contribution >= 4 is 23.4 Å². The van der Waals surface area contributed by atoms with Crippen LogP contribution in [-0.4, -0.2) is 16.1 Å². The van der Waals surface area contributed by atoms with Gasteiger partial charge in [0.1, 0.15) is 5.25 Å². The van der Waals surface area contributed by atoms with E-state index in [1.165, 1.54) is 18.0 Å². The first-order valence-electron chi connectivity index (χ1n) is 9.06. The first-order valence-corrected chi connectivity index (χ1v) is 9.94. The van der Waals surface area contributed by atoms with E-state index < -0.39 is 5.25 Å². The van der Waals surface area contributed by atoms with E-state index in [1.54, 1.807) is 12.1 Å². The highest BCUT2D eigenvalue weighted by atomic mass is 32.2. The van der Waals surface area contributed by atoms with Crippen LogP contribution in [0.3, 0.4) is 0 Å². The number of carbonyl (C=O) groups is 1. The highest BCUT2D eigenvalue weighted by molar-refractivity contribution is 8.00. The number of amides is 1. The Morgan fingerprint density at radius 3 is 2.45 bits per heavy atom. The standard InChI is InChI=1S/C22H19N3O3S/c1-14-11-15(2)13-17(12-14)23-20(26)19(16-7-4-3-5-8-16)29-22-25-24-21(28-22)18-9-6-10-27-18/h3-13,19H,1-2H3,(H,23,26)/t19-/m0/s1. The van der Waals surface area contributed by atoms with Crippen LogP contribution < -0.4 is 5.32 Å². The fourth-order valence-corrected chi connectivity index (χ4v) is 3.89. The monoisotopic (exact) mass is 405 g/mol. The maximum Gasteiger partial charge on any atom is 0.284 e. The van der Waals surface area contributed by atoms with Gasteiger partial charge in [-0.25, -0.2) is 0 Å². The molecule has 6 nitrogen and oxygen atoms in total. The number of anilines is 1. The second-order valence-electron chi connectivity index (χ2n) is 6.62. The van der Waals surface area contributed by atoms with Gasteiger partial charge >= 0.3 is 0 Å². The summed E-state index contributed by atoms with van der Waals surface area (Å²) >= 11 is 1.20. The molecule has 0 spiro atoms. The third-order valence-corrected chi connectivity index (χ3v) is 5.28. The molecular weight excluding hydrogens is 386 g/mol. The average molecular weight is 405 g/mol. The van der Waals surface area contributed by atoms with Crippen molar-refractivity contribution in [2.24, 2.45) is 0 Å². The van der Waals surface area contributed by atoms with Crippen molar-refractivity contribution in [1.29, 1.82) is 0 Å². The van der Waals surface area contributed by atoms with Crippen LogP contribution in [0.15, 0.2) is 81.0 Å². The molecule has 2 heterocycles. The van der Waals surface area contributed by atoms with Gasteiger partial charge in [-0.1, -0.05) is 36.4 Å². The molecule has 146 valence electrons. The van der Waals surface area contributed by atoms with Gasteiger partial charge in [0, 0.05) is 5.69 Å². The van der Waals surface area contributed by atoms with Crippen molar-refractivity contribution in [2.45, 2.75) is 24.3 Å². The molecule has 0 saturated heterocycles. The molecule has 0 bridgehead atoms. The summed E-state index contributed by atoms with van der Waals surface area (Å²) in [7, 11) is 0. The number of hydrogen-bond acceptors (Lipinski definition) is 6. The smallest absolute Gasteiger partial charge is 0.284 e. The van der Waals surface area contributed by atoms with Crippen LogP contribution in [0.5, 0.6) is 0 Å². The second-order valence-corrected chi connectivity index (χ2v) is 7.68. The van der Waals surface area contributed by atoms with Crippen LogP contribution in [0.4, 0.5) is 5.69 Å². The summed E-state index contributed by atoms with van der Waals surface area (Å²) < 4.78 is 11.0. The summed E-state index contributed by atoms with van der Waals surface area (Å²) in [5, 5.41) is 10.8. The van der Waals surface area contributed by atoms with E-state index in [9.17, 15) is 4.79 Å². The molecular formula is C22H19N3O3S. The molecule has 2 aromatic heterocycles. The molecule has 0 aliphatic rings. The molecule has 0 radical (unpaired) electrons. The largest absolute Gasteiger partial charge is 0.459 e. The summed E-state index contributed by atoms with van der Waals surface area (Å²) in [6, 6.07) is 19.0. The minimum absolute atomic E-state index is 0.163. The van der Waals surface area contributed by atoms with Crippen LogP contribution in [0, 0.1) is 13.8 Å². The van der Waals surface area contributed by atoms with Crippen LogP contribution in [0.1, 0.15) is 21.9 Å². The summed E-state index contributed by atoms with van der Waals surface area (Å²) in [6.45, 7) is 4.00. The van der Waals surface area contributed by atoms with E-state index in [0.717, 1.165) is 22.4 Å². The summed E-state index contributed by atoms with van der Waals surface area (Å²) in [5.41, 5.74) is 3.78. The zero-order valence-corrected chi connectivity index (χ0v) is 16.8. The van der Waals surface area contributed by atoms with Crippen molar-refractivity contribution in [1.82, 2.24) is 10.2 Å². The number of benzene rings is 2. The van der Waals surface area contributed by atoms with Gasteiger partial charge < -0.3 is 14.2 Å². The lowest BCUT2D eigenvalue weighted by Crippen LogP contribution is -2.19. The van der Waals surface area contributed by atoms with Crippen molar-refractivity contribution in [2.75, 3.05) is 5.32 Å². The van der Waals surface area contributed by atoms with Crippen LogP contribution in [-0.2, 0) is 4.79 Å². The number of aryl methyl sites for hydroxylation is 2.